The molecule has 1 heterocycles. The second kappa shape index (κ2) is 9.13. The number of hydrogen-bond donors (Lipinski definition) is 2. The molecule has 0 atom stereocenters. The zero-order chi connectivity index (χ0) is 23.4. The number of rotatable bonds is 6. The number of para-hydroxylation sites is 1. The van der Waals surface area contributed by atoms with Crippen molar-refractivity contribution in [3.8, 4) is 5.69 Å². The van der Waals surface area contributed by atoms with Crippen LogP contribution in [0.5, 0.6) is 0 Å². The molecule has 8 nitrogen and oxygen atoms in total. The number of amides is 2. The first kappa shape index (κ1) is 22.0. The fourth-order valence-corrected chi connectivity index (χ4v) is 4.17. The van der Waals surface area contributed by atoms with Crippen molar-refractivity contribution in [2.75, 3.05) is 22.0 Å². The van der Waals surface area contributed by atoms with Gasteiger partial charge >= 0.3 is 6.03 Å². The van der Waals surface area contributed by atoms with Gasteiger partial charge in [0.2, 0.25) is 0 Å². The number of nitrogens with one attached hydrogen (secondary N) is 2. The van der Waals surface area contributed by atoms with Gasteiger partial charge in [-0.2, -0.15) is 5.10 Å². The van der Waals surface area contributed by atoms with Gasteiger partial charge in [0, 0.05) is 18.4 Å². The highest BCUT2D eigenvalue weighted by molar-refractivity contribution is 7.92. The summed E-state index contributed by atoms with van der Waals surface area (Å²) < 4.78 is 41.7. The molecular formula is C23H20FN5O3S. The highest BCUT2D eigenvalue weighted by atomic mass is 32.2. The van der Waals surface area contributed by atoms with E-state index in [2.05, 4.69) is 15.7 Å². The molecule has 4 rings (SSSR count). The van der Waals surface area contributed by atoms with E-state index in [1.807, 2.05) is 18.2 Å². The van der Waals surface area contributed by atoms with Crippen LogP contribution in [0.2, 0.25) is 0 Å². The van der Waals surface area contributed by atoms with E-state index in [0.29, 0.717) is 22.7 Å². The summed E-state index contributed by atoms with van der Waals surface area (Å²) in [6, 6.07) is 20.5. The molecule has 0 bridgehead atoms. The summed E-state index contributed by atoms with van der Waals surface area (Å²) in [6.45, 7) is 0. The first-order chi connectivity index (χ1) is 15.8. The average molecular weight is 466 g/mol. The van der Waals surface area contributed by atoms with E-state index >= 15 is 0 Å². The molecule has 3 aromatic carbocycles. The molecule has 0 aliphatic carbocycles. The molecular weight excluding hydrogens is 445 g/mol. The Morgan fingerprint density at radius 3 is 2.15 bits per heavy atom. The number of halogens is 1. The van der Waals surface area contributed by atoms with Crippen molar-refractivity contribution in [3.63, 3.8) is 0 Å². The Hall–Kier alpha value is -4.18. The average Bonchev–Trinajstić information content (AvgIpc) is 3.31. The molecule has 0 unspecified atom stereocenters. The van der Waals surface area contributed by atoms with E-state index in [4.69, 9.17) is 0 Å². The van der Waals surface area contributed by atoms with Crippen molar-refractivity contribution >= 4 is 33.1 Å². The second-order valence-corrected chi connectivity index (χ2v) is 9.03. The van der Waals surface area contributed by atoms with Crippen molar-refractivity contribution in [1.29, 1.82) is 0 Å². The number of nitrogens with zero attached hydrogens (tertiary/aromatic N) is 3. The zero-order valence-electron chi connectivity index (χ0n) is 17.5. The van der Waals surface area contributed by atoms with E-state index in [1.165, 1.54) is 48.4 Å². The topological polar surface area (TPSA) is 96.3 Å². The van der Waals surface area contributed by atoms with Crippen LogP contribution in [0.1, 0.15) is 0 Å². The molecule has 2 N–H and O–H groups in total. The van der Waals surface area contributed by atoms with Crippen molar-refractivity contribution in [3.05, 3.63) is 97.1 Å². The zero-order valence-corrected chi connectivity index (χ0v) is 18.3. The normalized spacial score (nSPS) is 11.1. The molecule has 10 heteroatoms. The summed E-state index contributed by atoms with van der Waals surface area (Å²) in [6.07, 6.45) is 2.60. The maximum Gasteiger partial charge on any atom is 0.323 e. The first-order valence-corrected chi connectivity index (χ1v) is 11.3. The van der Waals surface area contributed by atoms with Gasteiger partial charge in [-0.3, -0.25) is 4.31 Å². The summed E-state index contributed by atoms with van der Waals surface area (Å²) >= 11 is 0. The van der Waals surface area contributed by atoms with Crippen LogP contribution in [0, 0.1) is 5.82 Å². The maximum atomic E-state index is 13.1. The number of carbonyl (C=O) groups excluding carboxylic acids is 1. The van der Waals surface area contributed by atoms with Crippen molar-refractivity contribution in [2.24, 2.45) is 0 Å². The quantitative estimate of drug-likeness (QED) is 0.439. The summed E-state index contributed by atoms with van der Waals surface area (Å²) in [4.78, 5) is 12.1. The number of benzene rings is 3. The minimum Gasteiger partial charge on any atom is -0.308 e. The Labute approximate surface area is 190 Å². The van der Waals surface area contributed by atoms with Crippen molar-refractivity contribution < 1.29 is 17.6 Å². The smallest absolute Gasteiger partial charge is 0.308 e. The Morgan fingerprint density at radius 2 is 1.52 bits per heavy atom. The highest BCUT2D eigenvalue weighted by Gasteiger charge is 2.23. The fraction of sp³-hybridized carbons (Fsp3) is 0.0435. The molecule has 0 spiro atoms. The summed E-state index contributed by atoms with van der Waals surface area (Å²) in [5.41, 5.74) is 2.09. The van der Waals surface area contributed by atoms with Gasteiger partial charge in [0.25, 0.3) is 10.0 Å². The highest BCUT2D eigenvalue weighted by Crippen LogP contribution is 2.24. The van der Waals surface area contributed by atoms with Gasteiger partial charge in [-0.15, -0.1) is 0 Å². The van der Waals surface area contributed by atoms with Crippen LogP contribution in [-0.2, 0) is 10.0 Å². The van der Waals surface area contributed by atoms with Crippen LogP contribution in [0.15, 0.2) is 96.2 Å². The number of anilines is 3. The Bertz CT molecular complexity index is 1360. The monoisotopic (exact) mass is 465 g/mol. The molecule has 4 aromatic rings. The maximum absolute atomic E-state index is 13.1. The van der Waals surface area contributed by atoms with Crippen LogP contribution in [-0.4, -0.2) is 31.3 Å². The summed E-state index contributed by atoms with van der Waals surface area (Å²) in [5.74, 6) is -0.394. The molecule has 0 aliphatic rings. The number of sulfonamides is 1. The molecule has 1 aromatic heterocycles. The summed E-state index contributed by atoms with van der Waals surface area (Å²) in [7, 11) is -2.46. The second-order valence-electron chi connectivity index (χ2n) is 7.06. The Morgan fingerprint density at radius 1 is 0.909 bits per heavy atom. The first-order valence-electron chi connectivity index (χ1n) is 9.85. The SMILES string of the molecule is CN(c1ccc(NC(=O)Nc2ccccc2)cc1)S(=O)(=O)c1cnn(-c2ccc(F)cc2)c1. The largest absolute Gasteiger partial charge is 0.323 e. The molecule has 168 valence electrons. The van der Waals surface area contributed by atoms with Gasteiger partial charge in [0.05, 0.1) is 23.8 Å². The standard InChI is InChI=1S/C23H20FN5O3S/c1-28(33(31,32)22-15-25-29(16-22)21-11-7-17(24)8-12-21)20-13-9-19(10-14-20)27-23(30)26-18-5-3-2-4-6-18/h2-16H,1H3,(H2,26,27,30). The Balaban J connectivity index is 1.45. The number of carbonyl (C=O) groups is 1. The van der Waals surface area contributed by atoms with Gasteiger partial charge in [-0.05, 0) is 60.7 Å². The number of urea groups is 1. The van der Waals surface area contributed by atoms with E-state index < -0.39 is 21.9 Å². The van der Waals surface area contributed by atoms with Crippen LogP contribution in [0.25, 0.3) is 5.69 Å². The molecule has 0 fully saturated rings. The lowest BCUT2D eigenvalue weighted by Gasteiger charge is -2.19. The van der Waals surface area contributed by atoms with Crippen LogP contribution in [0.4, 0.5) is 26.2 Å². The molecule has 0 radical (unpaired) electrons. The lowest BCUT2D eigenvalue weighted by Crippen LogP contribution is -2.26. The third-order valence-electron chi connectivity index (χ3n) is 4.83. The summed E-state index contributed by atoms with van der Waals surface area (Å²) in [5, 5.41) is 9.47. The van der Waals surface area contributed by atoms with Crippen LogP contribution < -0.4 is 14.9 Å². The van der Waals surface area contributed by atoms with Gasteiger partial charge in [0.1, 0.15) is 10.7 Å². The van der Waals surface area contributed by atoms with Gasteiger partial charge < -0.3 is 10.6 Å². The minimum absolute atomic E-state index is 0.0150. The van der Waals surface area contributed by atoms with E-state index in [9.17, 15) is 17.6 Å². The van der Waals surface area contributed by atoms with Crippen LogP contribution >= 0.6 is 0 Å². The predicted molar refractivity (Wildman–Crippen MR) is 125 cm³/mol. The van der Waals surface area contributed by atoms with Crippen LogP contribution in [0.3, 0.4) is 0 Å². The van der Waals surface area contributed by atoms with E-state index in [-0.39, 0.29) is 4.90 Å². The fourth-order valence-electron chi connectivity index (χ4n) is 3.04. The van der Waals surface area contributed by atoms with Crippen molar-refractivity contribution in [2.45, 2.75) is 4.90 Å². The lowest BCUT2D eigenvalue weighted by atomic mass is 10.3. The Kier molecular flexibility index (Phi) is 6.09. The third kappa shape index (κ3) is 5.01. The third-order valence-corrected chi connectivity index (χ3v) is 6.57. The van der Waals surface area contributed by atoms with Crippen molar-refractivity contribution in [1.82, 2.24) is 9.78 Å². The van der Waals surface area contributed by atoms with Gasteiger partial charge in [-0.1, -0.05) is 18.2 Å². The molecule has 2 amide bonds. The van der Waals surface area contributed by atoms with E-state index in [0.717, 1.165) is 4.31 Å². The van der Waals surface area contributed by atoms with Gasteiger partial charge in [0.15, 0.2) is 0 Å². The lowest BCUT2D eigenvalue weighted by molar-refractivity contribution is 0.262. The minimum atomic E-state index is -3.89. The number of hydrogen-bond acceptors (Lipinski definition) is 4. The molecule has 0 saturated heterocycles. The molecule has 33 heavy (non-hydrogen) atoms. The molecule has 0 saturated carbocycles. The van der Waals surface area contributed by atoms with Gasteiger partial charge in [-0.25, -0.2) is 22.3 Å². The molecule has 0 aliphatic heterocycles. The number of aromatic nitrogens is 2. The predicted octanol–water partition coefficient (Wildman–Crippen LogP) is 4.48. The van der Waals surface area contributed by atoms with E-state index in [1.54, 1.807) is 36.4 Å².